The van der Waals surface area contributed by atoms with E-state index < -0.39 is 23.6 Å². The second-order valence-electron chi connectivity index (χ2n) is 13.8. The Labute approximate surface area is 269 Å². The average Bonchev–Trinajstić information content (AvgIpc) is 3.64. The zero-order valence-electron chi connectivity index (χ0n) is 26.8. The van der Waals surface area contributed by atoms with Gasteiger partial charge in [0.25, 0.3) is 0 Å². The number of carboxylic acids is 1. The first-order valence-electron chi connectivity index (χ1n) is 16.7. The summed E-state index contributed by atoms with van der Waals surface area (Å²) < 4.78 is 52.8. The normalized spacial score (nSPS) is 29.8. The van der Waals surface area contributed by atoms with Crippen molar-refractivity contribution in [3.05, 3.63) is 53.3 Å². The number of rotatable bonds is 9. The Morgan fingerprint density at radius 1 is 0.957 bits per heavy atom. The number of carboxylic acid groups (broad SMARTS) is 1. The molecule has 8 nitrogen and oxygen atoms in total. The molecule has 5 atom stereocenters. The lowest BCUT2D eigenvalue weighted by Gasteiger charge is -2.41. The molecule has 1 N–H and O–H groups in total. The number of methoxy groups -OCH3 is 2. The number of alkyl halides is 3. The Hall–Kier alpha value is -3.05. The quantitative estimate of drug-likeness (QED) is 0.397. The van der Waals surface area contributed by atoms with Crippen molar-refractivity contribution < 1.29 is 37.3 Å². The zero-order valence-corrected chi connectivity index (χ0v) is 26.8. The van der Waals surface area contributed by atoms with Crippen molar-refractivity contribution in [3.63, 3.8) is 0 Å². The molecular weight excluding hydrogens is 599 g/mol. The number of piperidine rings is 1. The van der Waals surface area contributed by atoms with E-state index in [2.05, 4.69) is 17.0 Å². The van der Waals surface area contributed by atoms with E-state index in [0.29, 0.717) is 63.9 Å². The molecule has 0 aromatic heterocycles. The molecular formula is C35H46F3N3O5. The van der Waals surface area contributed by atoms with Gasteiger partial charge in [0, 0.05) is 75.9 Å². The summed E-state index contributed by atoms with van der Waals surface area (Å²) in [5.74, 6) is -0.936. The third-order valence-electron chi connectivity index (χ3n) is 11.3. The molecule has 6 rings (SSSR count). The van der Waals surface area contributed by atoms with Crippen LogP contribution >= 0.6 is 0 Å². The SMILES string of the molecule is COC[C@H]1CN(C(=O)[C@@H]2CN(C3CCC3)C[C@H]2c2ccc(OC)cc2)C[C@@H]1C1CC=C(C(F)(F)F)C=C1N1CCC(C(=O)O)CC1. The second-order valence-corrected chi connectivity index (χ2v) is 13.8. The van der Waals surface area contributed by atoms with E-state index in [0.717, 1.165) is 30.7 Å². The molecule has 1 aromatic rings. The largest absolute Gasteiger partial charge is 0.497 e. The lowest BCUT2D eigenvalue weighted by atomic mass is 9.76. The Bertz CT molecular complexity index is 1320. The van der Waals surface area contributed by atoms with Crippen molar-refractivity contribution in [2.45, 2.75) is 56.7 Å². The summed E-state index contributed by atoms with van der Waals surface area (Å²) in [6, 6.07) is 8.53. The van der Waals surface area contributed by atoms with Gasteiger partial charge in [-0.3, -0.25) is 14.5 Å². The summed E-state index contributed by atoms with van der Waals surface area (Å²) in [6.45, 7) is 3.73. The number of ether oxygens (including phenoxy) is 2. The number of allylic oxidation sites excluding steroid dienone is 4. The molecule has 4 fully saturated rings. The van der Waals surface area contributed by atoms with E-state index in [4.69, 9.17) is 9.47 Å². The van der Waals surface area contributed by atoms with Crippen LogP contribution < -0.4 is 4.74 Å². The molecule has 3 heterocycles. The molecule has 3 aliphatic heterocycles. The lowest BCUT2D eigenvalue weighted by Crippen LogP contribution is -2.42. The second kappa shape index (κ2) is 13.6. The van der Waals surface area contributed by atoms with Crippen molar-refractivity contribution in [3.8, 4) is 5.75 Å². The smallest absolute Gasteiger partial charge is 0.416 e. The first kappa shape index (κ1) is 32.9. The van der Waals surface area contributed by atoms with Crippen LogP contribution in [0.4, 0.5) is 13.2 Å². The third kappa shape index (κ3) is 6.68. The number of amides is 1. The van der Waals surface area contributed by atoms with Crippen LogP contribution in [0.25, 0.3) is 0 Å². The van der Waals surface area contributed by atoms with Crippen molar-refractivity contribution >= 4 is 11.9 Å². The number of hydrogen-bond donors (Lipinski definition) is 1. The number of halogens is 3. The molecule has 1 unspecified atom stereocenters. The Morgan fingerprint density at radius 2 is 1.67 bits per heavy atom. The fourth-order valence-corrected chi connectivity index (χ4v) is 8.48. The molecule has 1 amide bonds. The zero-order chi connectivity index (χ0) is 32.6. The van der Waals surface area contributed by atoms with Crippen molar-refractivity contribution in [1.82, 2.24) is 14.7 Å². The predicted octanol–water partition coefficient (Wildman–Crippen LogP) is 5.17. The van der Waals surface area contributed by atoms with E-state index >= 15 is 0 Å². The van der Waals surface area contributed by atoms with Crippen LogP contribution in [0.15, 0.2) is 47.7 Å². The minimum atomic E-state index is -4.47. The molecule has 5 aliphatic rings. The molecule has 2 aliphatic carbocycles. The standard InChI is InChI=1S/C35H46F3N3O5/c1-45-21-24-17-41(33(42)31-20-40(26-4-3-5-26)18-29(31)22-6-9-27(46-2)10-7-22)19-30(24)28-11-8-25(35(36,37)38)16-32(28)39-14-12-23(13-15-39)34(43)44/h6-10,16,23-24,26,28-31H,3-5,11-15,17-21H2,1-2H3,(H,43,44)/t24-,28?,29+,30+,31-/m1/s1. The maximum absolute atomic E-state index is 14.5. The molecule has 1 saturated carbocycles. The number of nitrogens with zero attached hydrogens (tertiary/aromatic N) is 3. The summed E-state index contributed by atoms with van der Waals surface area (Å²) in [5.41, 5.74) is 1.09. The van der Waals surface area contributed by atoms with E-state index in [-0.39, 0.29) is 41.9 Å². The first-order chi connectivity index (χ1) is 22.1. The molecule has 0 radical (unpaired) electrons. The highest BCUT2D eigenvalue weighted by atomic mass is 19.4. The van der Waals surface area contributed by atoms with Crippen LogP contribution in [0, 0.1) is 29.6 Å². The minimum absolute atomic E-state index is 0.0247. The highest BCUT2D eigenvalue weighted by Gasteiger charge is 2.49. The summed E-state index contributed by atoms with van der Waals surface area (Å²) >= 11 is 0. The topological polar surface area (TPSA) is 82.6 Å². The Balaban J connectivity index is 1.24. The van der Waals surface area contributed by atoms with Gasteiger partial charge in [0.2, 0.25) is 5.91 Å². The number of hydrogen-bond acceptors (Lipinski definition) is 6. The maximum atomic E-state index is 14.5. The van der Waals surface area contributed by atoms with Crippen LogP contribution in [0.3, 0.4) is 0 Å². The van der Waals surface area contributed by atoms with Gasteiger partial charge >= 0.3 is 12.1 Å². The summed E-state index contributed by atoms with van der Waals surface area (Å²) in [7, 11) is 3.27. The van der Waals surface area contributed by atoms with Gasteiger partial charge in [-0.1, -0.05) is 24.6 Å². The monoisotopic (exact) mass is 645 g/mol. The number of likely N-dealkylation sites (tertiary alicyclic amines) is 3. The van der Waals surface area contributed by atoms with Gasteiger partial charge in [0.15, 0.2) is 0 Å². The van der Waals surface area contributed by atoms with Gasteiger partial charge in [-0.25, -0.2) is 0 Å². The van der Waals surface area contributed by atoms with E-state index in [1.165, 1.54) is 18.6 Å². The Kier molecular flexibility index (Phi) is 9.71. The molecule has 3 saturated heterocycles. The predicted molar refractivity (Wildman–Crippen MR) is 166 cm³/mol. The van der Waals surface area contributed by atoms with Crippen LogP contribution in [0.1, 0.15) is 50.0 Å². The van der Waals surface area contributed by atoms with Crippen molar-refractivity contribution in [1.29, 1.82) is 0 Å². The number of aliphatic carboxylic acids is 1. The third-order valence-corrected chi connectivity index (χ3v) is 11.3. The highest BCUT2D eigenvalue weighted by molar-refractivity contribution is 5.81. The lowest BCUT2D eigenvalue weighted by molar-refractivity contribution is -0.143. The van der Waals surface area contributed by atoms with Crippen LogP contribution in [-0.2, 0) is 14.3 Å². The molecule has 252 valence electrons. The van der Waals surface area contributed by atoms with Gasteiger partial charge in [-0.15, -0.1) is 0 Å². The minimum Gasteiger partial charge on any atom is -0.497 e. The van der Waals surface area contributed by atoms with Gasteiger partial charge in [0.05, 0.1) is 31.1 Å². The van der Waals surface area contributed by atoms with E-state index in [1.807, 2.05) is 21.9 Å². The number of carbonyl (C=O) groups excluding carboxylic acids is 1. The molecule has 1 aromatic carbocycles. The van der Waals surface area contributed by atoms with Gasteiger partial charge in [0.1, 0.15) is 5.75 Å². The Morgan fingerprint density at radius 3 is 2.26 bits per heavy atom. The molecule has 11 heteroatoms. The van der Waals surface area contributed by atoms with Gasteiger partial charge in [-0.05, 0) is 61.8 Å². The highest BCUT2D eigenvalue weighted by Crippen LogP contribution is 2.45. The fourth-order valence-electron chi connectivity index (χ4n) is 8.48. The van der Waals surface area contributed by atoms with Crippen LogP contribution in [0.5, 0.6) is 5.75 Å². The summed E-state index contributed by atoms with van der Waals surface area (Å²) in [6.07, 6.45) is 2.65. The first-order valence-corrected chi connectivity index (χ1v) is 16.7. The molecule has 0 spiro atoms. The number of carbonyl (C=O) groups is 2. The van der Waals surface area contributed by atoms with Crippen molar-refractivity contribution in [2.75, 3.05) is 60.1 Å². The summed E-state index contributed by atoms with van der Waals surface area (Å²) in [4.78, 5) is 32.5. The van der Waals surface area contributed by atoms with Crippen LogP contribution in [-0.4, -0.2) is 104 Å². The van der Waals surface area contributed by atoms with Crippen LogP contribution in [0.2, 0.25) is 0 Å². The molecule has 0 bridgehead atoms. The number of benzene rings is 1. The van der Waals surface area contributed by atoms with E-state index in [9.17, 15) is 27.9 Å². The summed E-state index contributed by atoms with van der Waals surface area (Å²) in [5, 5.41) is 9.50. The molecule has 46 heavy (non-hydrogen) atoms. The fraction of sp³-hybridized carbons (Fsp3) is 0.657. The average molecular weight is 646 g/mol. The van der Waals surface area contributed by atoms with Crippen molar-refractivity contribution in [2.24, 2.45) is 29.6 Å². The van der Waals surface area contributed by atoms with Gasteiger partial charge < -0.3 is 24.4 Å². The maximum Gasteiger partial charge on any atom is 0.416 e. The van der Waals surface area contributed by atoms with Gasteiger partial charge in [-0.2, -0.15) is 13.2 Å². The van der Waals surface area contributed by atoms with E-state index in [1.54, 1.807) is 14.2 Å².